The van der Waals surface area contributed by atoms with Crippen LogP contribution in [0.4, 0.5) is 0 Å². The van der Waals surface area contributed by atoms with Gasteiger partial charge in [0.2, 0.25) is 11.8 Å². The molecule has 0 saturated carbocycles. The van der Waals surface area contributed by atoms with Crippen molar-refractivity contribution in [1.29, 1.82) is 0 Å². The minimum atomic E-state index is -0.383. The maximum absolute atomic E-state index is 11.8. The first-order valence-electron chi connectivity index (χ1n) is 7.84. The van der Waals surface area contributed by atoms with E-state index in [2.05, 4.69) is 21.0 Å². The molecule has 26 heavy (non-hydrogen) atoms. The zero-order valence-corrected chi connectivity index (χ0v) is 14.5. The van der Waals surface area contributed by atoms with Gasteiger partial charge in [-0.2, -0.15) is 0 Å². The summed E-state index contributed by atoms with van der Waals surface area (Å²) in [6.07, 6.45) is 0.535. The number of nitrogens with one attached hydrogen (secondary N) is 2. The van der Waals surface area contributed by atoms with E-state index in [-0.39, 0.29) is 17.6 Å². The summed E-state index contributed by atoms with van der Waals surface area (Å²) in [5.41, 5.74) is 6.23. The number of benzene rings is 2. The predicted octanol–water partition coefficient (Wildman–Crippen LogP) is 2.21. The normalized spacial score (nSPS) is 10.3. The van der Waals surface area contributed by atoms with Crippen molar-refractivity contribution in [2.75, 3.05) is 5.75 Å². The van der Waals surface area contributed by atoms with Crippen LogP contribution in [0.25, 0.3) is 0 Å². The van der Waals surface area contributed by atoms with Crippen molar-refractivity contribution in [2.45, 2.75) is 11.6 Å². The molecule has 2 N–H and O–H groups in total. The standard InChI is InChI=1S/C18H16N4O3S/c23-15(19-21-17(24)14-9-5-2-6-10-14)12-26-18-22-20-16(25-18)11-13-7-3-1-4-8-13/h1-10H,11-12H2,(H,19,23)(H,21,24). The summed E-state index contributed by atoms with van der Waals surface area (Å²) in [5.74, 6) is -0.229. The van der Waals surface area contributed by atoms with E-state index in [9.17, 15) is 9.59 Å². The van der Waals surface area contributed by atoms with Gasteiger partial charge in [-0.05, 0) is 17.7 Å². The molecule has 0 unspecified atom stereocenters. The van der Waals surface area contributed by atoms with Crippen molar-refractivity contribution in [3.8, 4) is 0 Å². The number of hydrogen-bond donors (Lipinski definition) is 2. The third-order valence-electron chi connectivity index (χ3n) is 3.32. The zero-order chi connectivity index (χ0) is 18.2. The van der Waals surface area contributed by atoms with Gasteiger partial charge in [-0.3, -0.25) is 20.4 Å². The molecule has 0 fully saturated rings. The first-order valence-corrected chi connectivity index (χ1v) is 8.82. The van der Waals surface area contributed by atoms with Crippen LogP contribution in [0, 0.1) is 0 Å². The number of aromatic nitrogens is 2. The molecule has 1 heterocycles. The zero-order valence-electron chi connectivity index (χ0n) is 13.7. The number of amides is 2. The van der Waals surface area contributed by atoms with E-state index in [0.717, 1.165) is 17.3 Å². The highest BCUT2D eigenvalue weighted by atomic mass is 32.2. The summed E-state index contributed by atoms with van der Waals surface area (Å²) in [4.78, 5) is 23.6. The molecule has 0 atom stereocenters. The van der Waals surface area contributed by atoms with E-state index in [4.69, 9.17) is 4.42 Å². The number of hydrogen-bond acceptors (Lipinski definition) is 6. The van der Waals surface area contributed by atoms with Gasteiger partial charge in [-0.25, -0.2) is 0 Å². The summed E-state index contributed by atoms with van der Waals surface area (Å²) in [7, 11) is 0. The smallest absolute Gasteiger partial charge is 0.277 e. The lowest BCUT2D eigenvalue weighted by molar-refractivity contribution is -0.119. The molecule has 7 nitrogen and oxygen atoms in total. The monoisotopic (exact) mass is 368 g/mol. The number of rotatable bonds is 6. The van der Waals surface area contributed by atoms with Crippen LogP contribution < -0.4 is 10.9 Å². The van der Waals surface area contributed by atoms with Crippen molar-refractivity contribution in [3.63, 3.8) is 0 Å². The molecule has 3 aromatic rings. The fourth-order valence-corrected chi connectivity index (χ4v) is 2.67. The molecular formula is C18H16N4O3S. The average Bonchev–Trinajstić information content (AvgIpc) is 3.13. The second-order valence-electron chi connectivity index (χ2n) is 5.28. The lowest BCUT2D eigenvalue weighted by Gasteiger charge is -2.06. The molecule has 0 radical (unpaired) electrons. The van der Waals surface area contributed by atoms with Gasteiger partial charge in [0.05, 0.1) is 12.2 Å². The Morgan fingerprint density at radius 3 is 2.35 bits per heavy atom. The van der Waals surface area contributed by atoms with Crippen LogP contribution in [0.3, 0.4) is 0 Å². The van der Waals surface area contributed by atoms with Crippen LogP contribution in [-0.4, -0.2) is 27.8 Å². The molecule has 1 aromatic heterocycles. The highest BCUT2D eigenvalue weighted by molar-refractivity contribution is 7.99. The quantitative estimate of drug-likeness (QED) is 0.511. The van der Waals surface area contributed by atoms with Crippen molar-refractivity contribution >= 4 is 23.6 Å². The Morgan fingerprint density at radius 2 is 1.62 bits per heavy atom. The largest absolute Gasteiger partial charge is 0.416 e. The highest BCUT2D eigenvalue weighted by Gasteiger charge is 2.11. The lowest BCUT2D eigenvalue weighted by atomic mass is 10.2. The summed E-state index contributed by atoms with van der Waals surface area (Å²) >= 11 is 1.10. The first-order chi connectivity index (χ1) is 12.7. The Labute approximate surface area is 154 Å². The van der Waals surface area contributed by atoms with E-state index in [1.54, 1.807) is 24.3 Å². The predicted molar refractivity (Wildman–Crippen MR) is 96.3 cm³/mol. The highest BCUT2D eigenvalue weighted by Crippen LogP contribution is 2.17. The number of carbonyl (C=O) groups is 2. The van der Waals surface area contributed by atoms with Gasteiger partial charge in [-0.1, -0.05) is 60.3 Å². The van der Waals surface area contributed by atoms with E-state index in [1.807, 2.05) is 36.4 Å². The van der Waals surface area contributed by atoms with Crippen LogP contribution in [0.1, 0.15) is 21.8 Å². The summed E-state index contributed by atoms with van der Waals surface area (Å²) < 4.78 is 5.51. The summed E-state index contributed by atoms with van der Waals surface area (Å²) in [6, 6.07) is 18.4. The molecule has 2 amide bonds. The first kappa shape index (κ1) is 17.7. The van der Waals surface area contributed by atoms with Gasteiger partial charge in [0, 0.05) is 5.56 Å². The van der Waals surface area contributed by atoms with Gasteiger partial charge < -0.3 is 4.42 Å². The van der Waals surface area contributed by atoms with E-state index in [1.165, 1.54) is 0 Å². The average molecular weight is 368 g/mol. The summed E-state index contributed by atoms with van der Waals surface area (Å²) in [6.45, 7) is 0. The van der Waals surface area contributed by atoms with Crippen LogP contribution in [0.5, 0.6) is 0 Å². The fourth-order valence-electron chi connectivity index (χ4n) is 2.09. The Bertz CT molecular complexity index is 868. The molecule has 0 bridgehead atoms. The SMILES string of the molecule is O=C(CSc1nnc(Cc2ccccc2)o1)NNC(=O)c1ccccc1. The second kappa shape index (κ2) is 8.82. The third kappa shape index (κ3) is 5.18. The molecular weight excluding hydrogens is 352 g/mol. The topological polar surface area (TPSA) is 97.1 Å². The van der Waals surface area contributed by atoms with Gasteiger partial charge >= 0.3 is 0 Å². The van der Waals surface area contributed by atoms with Crippen LogP contribution in [0.15, 0.2) is 70.3 Å². The summed E-state index contributed by atoms with van der Waals surface area (Å²) in [5, 5.41) is 8.18. The Morgan fingerprint density at radius 1 is 0.923 bits per heavy atom. The van der Waals surface area contributed by atoms with Gasteiger partial charge in [0.1, 0.15) is 0 Å². The minimum absolute atomic E-state index is 0.0437. The second-order valence-corrected chi connectivity index (χ2v) is 6.21. The molecule has 3 rings (SSSR count). The minimum Gasteiger partial charge on any atom is -0.416 e. The molecule has 2 aromatic carbocycles. The number of hydrazine groups is 1. The van der Waals surface area contributed by atoms with Crippen molar-refractivity contribution in [3.05, 3.63) is 77.7 Å². The maximum atomic E-state index is 11.8. The molecule has 0 aliphatic heterocycles. The van der Waals surface area contributed by atoms with Gasteiger partial charge in [0.15, 0.2) is 0 Å². The Balaban J connectivity index is 1.43. The number of nitrogens with zero attached hydrogens (tertiary/aromatic N) is 2. The molecule has 0 saturated heterocycles. The van der Waals surface area contributed by atoms with Crippen molar-refractivity contribution in [2.24, 2.45) is 0 Å². The van der Waals surface area contributed by atoms with E-state index >= 15 is 0 Å². The van der Waals surface area contributed by atoms with Gasteiger partial charge in [-0.15, -0.1) is 10.2 Å². The van der Waals surface area contributed by atoms with Crippen molar-refractivity contribution < 1.29 is 14.0 Å². The Kier molecular flexibility index (Phi) is 6.00. The molecule has 0 aliphatic rings. The Hall–Kier alpha value is -3.13. The van der Waals surface area contributed by atoms with Crippen LogP contribution in [-0.2, 0) is 11.2 Å². The molecule has 8 heteroatoms. The van der Waals surface area contributed by atoms with Crippen molar-refractivity contribution in [1.82, 2.24) is 21.0 Å². The third-order valence-corrected chi connectivity index (χ3v) is 4.14. The van der Waals surface area contributed by atoms with E-state index < -0.39 is 0 Å². The van der Waals surface area contributed by atoms with Gasteiger partial charge in [0.25, 0.3) is 11.1 Å². The van der Waals surface area contributed by atoms with Crippen LogP contribution in [0.2, 0.25) is 0 Å². The lowest BCUT2D eigenvalue weighted by Crippen LogP contribution is -2.42. The fraction of sp³-hybridized carbons (Fsp3) is 0.111. The number of carbonyl (C=O) groups excluding carboxylic acids is 2. The maximum Gasteiger partial charge on any atom is 0.277 e. The van der Waals surface area contributed by atoms with Crippen LogP contribution >= 0.6 is 11.8 Å². The molecule has 132 valence electrons. The molecule has 0 aliphatic carbocycles. The number of thioether (sulfide) groups is 1. The van der Waals surface area contributed by atoms with E-state index in [0.29, 0.717) is 23.1 Å². The molecule has 0 spiro atoms.